The molecule has 3 heteroatoms. The lowest BCUT2D eigenvalue weighted by molar-refractivity contribution is 0.961. The van der Waals surface area contributed by atoms with Crippen LogP contribution in [0, 0.1) is 0 Å². The Labute approximate surface area is 154 Å². The molecule has 0 spiro atoms. The van der Waals surface area contributed by atoms with Crippen LogP contribution in [0.25, 0.3) is 6.08 Å². The van der Waals surface area contributed by atoms with E-state index in [1.54, 1.807) is 6.20 Å². The Morgan fingerprint density at radius 3 is 2.52 bits per heavy atom. The Kier molecular flexibility index (Phi) is 7.00. The molecule has 0 aromatic heterocycles. The summed E-state index contributed by atoms with van der Waals surface area (Å²) in [6.07, 6.45) is 7.57. The molecule has 0 amide bonds. The van der Waals surface area contributed by atoms with Crippen molar-refractivity contribution in [3.8, 4) is 0 Å². The van der Waals surface area contributed by atoms with Crippen molar-refractivity contribution in [1.82, 2.24) is 0 Å². The number of hydrogen-bond acceptors (Lipinski definition) is 3. The topological polar surface area (TPSA) is 24.7 Å². The van der Waals surface area contributed by atoms with Gasteiger partial charge in [0.2, 0.25) is 0 Å². The summed E-state index contributed by atoms with van der Waals surface area (Å²) in [4.78, 5) is 9.87. The van der Waals surface area contributed by atoms with Gasteiger partial charge in [0, 0.05) is 16.3 Å². The smallest absolute Gasteiger partial charge is 0.0762 e. The minimum Gasteiger partial charge on any atom is -0.259 e. The van der Waals surface area contributed by atoms with E-state index in [1.165, 1.54) is 4.90 Å². The van der Waals surface area contributed by atoms with E-state index in [-0.39, 0.29) is 4.75 Å². The summed E-state index contributed by atoms with van der Waals surface area (Å²) in [6, 6.07) is 16.3. The molecule has 25 heavy (non-hydrogen) atoms. The zero-order valence-electron chi connectivity index (χ0n) is 15.2. The van der Waals surface area contributed by atoms with Crippen LogP contribution in [0.1, 0.15) is 27.7 Å². The number of para-hydroxylation sites is 2. The molecule has 128 valence electrons. The lowest BCUT2D eigenvalue weighted by Crippen LogP contribution is -2.22. The van der Waals surface area contributed by atoms with Crippen molar-refractivity contribution < 1.29 is 0 Å². The molecule has 0 N–H and O–H groups in total. The molecule has 2 aromatic carbocycles. The lowest BCUT2D eigenvalue weighted by Gasteiger charge is -2.23. The Morgan fingerprint density at radius 1 is 0.960 bits per heavy atom. The first kappa shape index (κ1) is 19.0. The van der Waals surface area contributed by atoms with Crippen molar-refractivity contribution in [2.75, 3.05) is 0 Å². The van der Waals surface area contributed by atoms with E-state index >= 15 is 0 Å². The monoisotopic (exact) mass is 348 g/mol. The number of thioether (sulfide) groups is 1. The molecule has 0 saturated carbocycles. The highest BCUT2D eigenvalue weighted by atomic mass is 32.2. The van der Waals surface area contributed by atoms with Crippen LogP contribution in [0.5, 0.6) is 0 Å². The summed E-state index contributed by atoms with van der Waals surface area (Å²) in [5, 5.41) is 2.16. The second kappa shape index (κ2) is 9.22. The van der Waals surface area contributed by atoms with Gasteiger partial charge in [0.1, 0.15) is 0 Å². The van der Waals surface area contributed by atoms with Gasteiger partial charge in [0.25, 0.3) is 0 Å². The first-order valence-corrected chi connectivity index (χ1v) is 9.33. The summed E-state index contributed by atoms with van der Waals surface area (Å²) >= 11 is 1.86. The van der Waals surface area contributed by atoms with Gasteiger partial charge in [0.05, 0.1) is 22.0 Å². The molecule has 0 radical (unpaired) electrons. The minimum atomic E-state index is 0.147. The van der Waals surface area contributed by atoms with Crippen LogP contribution in [0.15, 0.2) is 81.4 Å². The Morgan fingerprint density at radius 2 is 1.68 bits per heavy atom. The van der Waals surface area contributed by atoms with Crippen LogP contribution in [-0.4, -0.2) is 11.0 Å². The lowest BCUT2D eigenvalue weighted by atomic mass is 10.2. The number of rotatable bonds is 0. The number of nitrogens with zero attached hydrogens (tertiary/aromatic N) is 2. The number of aliphatic imine (C=N–C) groups is 1. The molecule has 2 nitrogen and oxygen atoms in total. The highest BCUT2D eigenvalue weighted by molar-refractivity contribution is 8.01. The fraction of sp³-hybridized carbons (Fsp3) is 0.227. The van der Waals surface area contributed by atoms with Crippen molar-refractivity contribution >= 4 is 29.7 Å². The maximum atomic E-state index is 4.40. The predicted molar refractivity (Wildman–Crippen MR) is 110 cm³/mol. The molecule has 2 aromatic rings. The van der Waals surface area contributed by atoms with Crippen LogP contribution < -0.4 is 10.6 Å². The Bertz CT molecular complexity index is 878. The molecule has 2 heterocycles. The SMILES string of the molecule is C1=CC=c2ccccc2=NC=1.CC.CC1(C)C=Nc2ccccc2S1. The molecule has 2 aliphatic rings. The minimum absolute atomic E-state index is 0.147. The summed E-state index contributed by atoms with van der Waals surface area (Å²) < 4.78 is 0.147. The van der Waals surface area contributed by atoms with Crippen LogP contribution in [-0.2, 0) is 0 Å². The normalized spacial score (nSPS) is 14.9. The van der Waals surface area contributed by atoms with Gasteiger partial charge in [-0.05, 0) is 44.2 Å². The Hall–Kier alpha value is -2.35. The van der Waals surface area contributed by atoms with Crippen molar-refractivity contribution in [3.05, 3.63) is 77.1 Å². The molecular formula is C22H24N2S. The largest absolute Gasteiger partial charge is 0.259 e. The van der Waals surface area contributed by atoms with Gasteiger partial charge < -0.3 is 0 Å². The fourth-order valence-electron chi connectivity index (χ4n) is 2.22. The van der Waals surface area contributed by atoms with Gasteiger partial charge in [-0.15, -0.1) is 17.5 Å². The van der Waals surface area contributed by atoms with Gasteiger partial charge in [-0.2, -0.15) is 0 Å². The maximum Gasteiger partial charge on any atom is 0.0762 e. The molecule has 0 atom stereocenters. The maximum absolute atomic E-state index is 4.40. The second-order valence-electron chi connectivity index (χ2n) is 5.75. The first-order valence-electron chi connectivity index (χ1n) is 8.51. The molecule has 4 rings (SSSR count). The highest BCUT2D eigenvalue weighted by Crippen LogP contribution is 2.40. The summed E-state index contributed by atoms with van der Waals surface area (Å²) in [5.74, 6) is 0. The van der Waals surface area contributed by atoms with E-state index in [2.05, 4.69) is 41.7 Å². The zero-order chi connectivity index (χ0) is 18.1. The van der Waals surface area contributed by atoms with E-state index in [4.69, 9.17) is 0 Å². The number of fused-ring (bicyclic) bond motifs is 2. The molecule has 0 saturated heterocycles. The number of allylic oxidation sites excluding steroid dienone is 1. The average molecular weight is 349 g/mol. The molecule has 0 unspecified atom stereocenters. The van der Waals surface area contributed by atoms with E-state index < -0.39 is 0 Å². The highest BCUT2D eigenvalue weighted by Gasteiger charge is 2.21. The van der Waals surface area contributed by atoms with Crippen LogP contribution in [0.3, 0.4) is 0 Å². The van der Waals surface area contributed by atoms with Gasteiger partial charge in [-0.1, -0.05) is 44.2 Å². The predicted octanol–water partition coefficient (Wildman–Crippen LogP) is 5.07. The van der Waals surface area contributed by atoms with Crippen molar-refractivity contribution in [2.24, 2.45) is 9.98 Å². The van der Waals surface area contributed by atoms with Crippen molar-refractivity contribution in [2.45, 2.75) is 37.3 Å². The van der Waals surface area contributed by atoms with Crippen molar-refractivity contribution in [3.63, 3.8) is 0 Å². The Balaban J connectivity index is 0.000000165. The summed E-state index contributed by atoms with van der Waals surface area (Å²) in [6.45, 7) is 8.36. The van der Waals surface area contributed by atoms with Gasteiger partial charge in [-0.3, -0.25) is 4.99 Å². The fourth-order valence-corrected chi connectivity index (χ4v) is 3.26. The third kappa shape index (κ3) is 5.60. The third-order valence-electron chi connectivity index (χ3n) is 3.33. The summed E-state index contributed by atoms with van der Waals surface area (Å²) in [5.41, 5.74) is 4.02. The van der Waals surface area contributed by atoms with E-state index in [0.29, 0.717) is 0 Å². The standard InChI is InChI=1S/C10H11NS.C10H7N.C2H6/c1-10(2)7-11-8-5-3-4-6-9(8)12-10;1-2-7-10-9(5-1)6-3-4-8-11-10;1-2/h3-7H,1-2H3;1-3,5-8H;1-2H3. The van der Waals surface area contributed by atoms with E-state index in [0.717, 1.165) is 16.3 Å². The number of hydrogen-bond donors (Lipinski definition) is 0. The molecule has 0 aliphatic carbocycles. The first-order chi connectivity index (χ1) is 12.1. The van der Waals surface area contributed by atoms with Crippen molar-refractivity contribution in [1.29, 1.82) is 0 Å². The zero-order valence-corrected chi connectivity index (χ0v) is 16.0. The van der Waals surface area contributed by atoms with Gasteiger partial charge in [0.15, 0.2) is 0 Å². The molecule has 0 fully saturated rings. The van der Waals surface area contributed by atoms with Crippen LogP contribution >= 0.6 is 11.8 Å². The van der Waals surface area contributed by atoms with Crippen LogP contribution in [0.2, 0.25) is 0 Å². The molecule has 2 aliphatic heterocycles. The second-order valence-corrected chi connectivity index (χ2v) is 7.44. The third-order valence-corrected chi connectivity index (χ3v) is 4.52. The number of benzene rings is 2. The molecular weight excluding hydrogens is 324 g/mol. The van der Waals surface area contributed by atoms with Crippen LogP contribution in [0.4, 0.5) is 5.69 Å². The van der Waals surface area contributed by atoms with E-state index in [9.17, 15) is 0 Å². The summed E-state index contributed by atoms with van der Waals surface area (Å²) in [7, 11) is 0. The van der Waals surface area contributed by atoms with Gasteiger partial charge >= 0.3 is 0 Å². The van der Waals surface area contributed by atoms with E-state index in [1.807, 2.05) is 80.4 Å². The van der Waals surface area contributed by atoms with Gasteiger partial charge in [-0.25, -0.2) is 4.99 Å². The molecule has 0 bridgehead atoms. The average Bonchev–Trinajstić information content (AvgIpc) is 2.88. The quantitative estimate of drug-likeness (QED) is 0.610.